The molecule has 2 aromatic carbocycles. The van der Waals surface area contributed by atoms with Crippen LogP contribution in [0.3, 0.4) is 0 Å². The number of unbranched alkanes of at least 4 members (excludes halogenated alkanes) is 3. The van der Waals surface area contributed by atoms with E-state index < -0.39 is 0 Å². The molecule has 1 aromatic heterocycles. The summed E-state index contributed by atoms with van der Waals surface area (Å²) in [6.07, 6.45) is 19.7. The van der Waals surface area contributed by atoms with E-state index in [2.05, 4.69) is 71.5 Å². The second-order valence-electron chi connectivity index (χ2n) is 9.94. The Kier molecular flexibility index (Phi) is 9.09. The lowest BCUT2D eigenvalue weighted by atomic mass is 9.77. The molecule has 0 radical (unpaired) electrons. The van der Waals surface area contributed by atoms with Gasteiger partial charge >= 0.3 is 0 Å². The van der Waals surface area contributed by atoms with Gasteiger partial charge in [-0.25, -0.2) is 9.97 Å². The number of hydrogen-bond donors (Lipinski definition) is 0. The lowest BCUT2D eigenvalue weighted by Crippen LogP contribution is -2.13. The van der Waals surface area contributed by atoms with Crippen LogP contribution in [-0.4, -0.2) is 9.97 Å². The van der Waals surface area contributed by atoms with E-state index in [1.807, 2.05) is 12.4 Å². The molecule has 174 valence electrons. The lowest BCUT2D eigenvalue weighted by Gasteiger charge is -2.29. The van der Waals surface area contributed by atoms with Crippen molar-refractivity contribution in [3.63, 3.8) is 0 Å². The van der Waals surface area contributed by atoms with E-state index in [1.165, 1.54) is 80.9 Å². The molecule has 4 rings (SSSR count). The summed E-state index contributed by atoms with van der Waals surface area (Å²) in [5.41, 5.74) is 5.29. The van der Waals surface area contributed by atoms with Gasteiger partial charge in [-0.2, -0.15) is 0 Å². The summed E-state index contributed by atoms with van der Waals surface area (Å²) in [5.74, 6) is 2.55. The van der Waals surface area contributed by atoms with Crippen molar-refractivity contribution >= 4 is 0 Å². The van der Waals surface area contributed by atoms with Gasteiger partial charge in [0.15, 0.2) is 5.82 Å². The Morgan fingerprint density at radius 3 is 2.03 bits per heavy atom. The summed E-state index contributed by atoms with van der Waals surface area (Å²) in [4.78, 5) is 9.32. The third-order valence-corrected chi connectivity index (χ3v) is 7.43. The minimum absolute atomic E-state index is 0.737. The topological polar surface area (TPSA) is 25.8 Å². The van der Waals surface area contributed by atoms with Crippen LogP contribution in [0.4, 0.5) is 0 Å². The molecule has 33 heavy (non-hydrogen) atoms. The predicted octanol–water partition coefficient (Wildman–Crippen LogP) is 8.56. The Morgan fingerprint density at radius 1 is 0.697 bits per heavy atom. The van der Waals surface area contributed by atoms with Gasteiger partial charge in [0.2, 0.25) is 0 Å². The number of rotatable bonds is 11. The molecule has 0 saturated heterocycles. The molecule has 1 heterocycles. The standard InChI is InChI=1S/C31H40N2/c1-2-3-5-10-26-15-17-28(18-16-26)29-19-21-30(22-20-29)31-32-23-27(24-33-31)14-9-8-13-25-11-6-4-7-12-25/h4,6-7,11-12,19-24,26,28H,2-3,5,8-10,13-18H2,1H3. The molecule has 2 heteroatoms. The number of aromatic nitrogens is 2. The maximum atomic E-state index is 4.66. The van der Waals surface area contributed by atoms with Crippen LogP contribution in [0.25, 0.3) is 11.4 Å². The normalized spacial score (nSPS) is 18.3. The number of hydrogen-bond acceptors (Lipinski definition) is 2. The monoisotopic (exact) mass is 440 g/mol. The van der Waals surface area contributed by atoms with E-state index in [4.69, 9.17) is 0 Å². The number of aryl methyl sites for hydroxylation is 2. The number of nitrogens with zero attached hydrogens (tertiary/aromatic N) is 2. The maximum absolute atomic E-state index is 4.66. The first kappa shape index (κ1) is 23.7. The highest BCUT2D eigenvalue weighted by Gasteiger charge is 2.22. The maximum Gasteiger partial charge on any atom is 0.159 e. The van der Waals surface area contributed by atoms with Crippen LogP contribution in [0.2, 0.25) is 0 Å². The van der Waals surface area contributed by atoms with Crippen LogP contribution in [-0.2, 0) is 12.8 Å². The van der Waals surface area contributed by atoms with E-state index in [9.17, 15) is 0 Å². The van der Waals surface area contributed by atoms with Gasteiger partial charge in [-0.3, -0.25) is 0 Å². The zero-order chi connectivity index (χ0) is 22.7. The van der Waals surface area contributed by atoms with Crippen LogP contribution in [0.1, 0.15) is 93.7 Å². The fraction of sp³-hybridized carbons (Fsp3) is 0.484. The van der Waals surface area contributed by atoms with E-state index in [-0.39, 0.29) is 0 Å². The molecule has 0 amide bonds. The van der Waals surface area contributed by atoms with Crippen LogP contribution >= 0.6 is 0 Å². The van der Waals surface area contributed by atoms with Gasteiger partial charge in [0, 0.05) is 18.0 Å². The van der Waals surface area contributed by atoms with Crippen molar-refractivity contribution in [2.45, 2.75) is 89.9 Å². The Labute approximate surface area is 200 Å². The molecule has 3 aromatic rings. The van der Waals surface area contributed by atoms with Gasteiger partial charge < -0.3 is 0 Å². The van der Waals surface area contributed by atoms with Crippen LogP contribution < -0.4 is 0 Å². The molecule has 0 unspecified atom stereocenters. The van der Waals surface area contributed by atoms with Gasteiger partial charge in [0.1, 0.15) is 0 Å². The molecule has 1 saturated carbocycles. The van der Waals surface area contributed by atoms with Gasteiger partial charge in [-0.1, -0.05) is 87.2 Å². The molecule has 0 atom stereocenters. The Balaban J connectivity index is 1.22. The van der Waals surface area contributed by atoms with Crippen LogP contribution in [0, 0.1) is 5.92 Å². The zero-order valence-corrected chi connectivity index (χ0v) is 20.4. The van der Waals surface area contributed by atoms with Crippen molar-refractivity contribution < 1.29 is 0 Å². The molecular formula is C31H40N2. The highest BCUT2D eigenvalue weighted by atomic mass is 14.9. The average molecular weight is 441 g/mol. The first-order chi connectivity index (χ1) is 16.3. The summed E-state index contributed by atoms with van der Waals surface area (Å²) in [7, 11) is 0. The van der Waals surface area contributed by atoms with Crippen molar-refractivity contribution in [1.29, 1.82) is 0 Å². The summed E-state index contributed by atoms with van der Waals surface area (Å²) < 4.78 is 0. The molecule has 1 aliphatic rings. The summed E-state index contributed by atoms with van der Waals surface area (Å²) in [6, 6.07) is 19.8. The lowest BCUT2D eigenvalue weighted by molar-refractivity contribution is 0.303. The molecule has 0 bridgehead atoms. The summed E-state index contributed by atoms with van der Waals surface area (Å²) >= 11 is 0. The third kappa shape index (κ3) is 7.25. The quantitative estimate of drug-likeness (QED) is 0.279. The largest absolute Gasteiger partial charge is 0.236 e. The zero-order valence-electron chi connectivity index (χ0n) is 20.4. The smallest absolute Gasteiger partial charge is 0.159 e. The molecule has 0 N–H and O–H groups in total. The second-order valence-corrected chi connectivity index (χ2v) is 9.94. The van der Waals surface area contributed by atoms with Gasteiger partial charge in [0.25, 0.3) is 0 Å². The van der Waals surface area contributed by atoms with Crippen LogP contribution in [0.5, 0.6) is 0 Å². The van der Waals surface area contributed by atoms with E-state index in [0.717, 1.165) is 36.1 Å². The highest BCUT2D eigenvalue weighted by molar-refractivity contribution is 5.55. The van der Waals surface area contributed by atoms with Gasteiger partial charge in [-0.05, 0) is 79.9 Å². The van der Waals surface area contributed by atoms with E-state index in [0.29, 0.717) is 0 Å². The van der Waals surface area contributed by atoms with E-state index in [1.54, 1.807) is 0 Å². The first-order valence-corrected chi connectivity index (χ1v) is 13.3. The molecule has 0 aliphatic heterocycles. The molecule has 2 nitrogen and oxygen atoms in total. The minimum atomic E-state index is 0.737. The van der Waals surface area contributed by atoms with Crippen molar-refractivity contribution in [3.05, 3.63) is 83.7 Å². The van der Waals surface area contributed by atoms with Crippen molar-refractivity contribution in [3.8, 4) is 11.4 Å². The SMILES string of the molecule is CCCCCC1CCC(c2ccc(-c3ncc(CCCCc4ccccc4)cn3)cc2)CC1. The average Bonchev–Trinajstić information content (AvgIpc) is 2.88. The van der Waals surface area contributed by atoms with Crippen molar-refractivity contribution in [2.24, 2.45) is 5.92 Å². The second kappa shape index (κ2) is 12.7. The summed E-state index contributed by atoms with van der Waals surface area (Å²) in [6.45, 7) is 2.30. The first-order valence-electron chi connectivity index (χ1n) is 13.3. The third-order valence-electron chi connectivity index (χ3n) is 7.43. The van der Waals surface area contributed by atoms with Crippen molar-refractivity contribution in [1.82, 2.24) is 9.97 Å². The Morgan fingerprint density at radius 2 is 1.36 bits per heavy atom. The predicted molar refractivity (Wildman–Crippen MR) is 139 cm³/mol. The van der Waals surface area contributed by atoms with Crippen molar-refractivity contribution in [2.75, 3.05) is 0 Å². The number of benzene rings is 2. The Hall–Kier alpha value is -2.48. The Bertz CT molecular complexity index is 923. The molecular weight excluding hydrogens is 400 g/mol. The summed E-state index contributed by atoms with van der Waals surface area (Å²) in [5, 5.41) is 0. The minimum Gasteiger partial charge on any atom is -0.236 e. The molecule has 1 aliphatic carbocycles. The van der Waals surface area contributed by atoms with Crippen LogP contribution in [0.15, 0.2) is 67.0 Å². The highest BCUT2D eigenvalue weighted by Crippen LogP contribution is 2.38. The molecule has 0 spiro atoms. The van der Waals surface area contributed by atoms with E-state index >= 15 is 0 Å². The molecule has 1 fully saturated rings. The van der Waals surface area contributed by atoms with Gasteiger partial charge in [-0.15, -0.1) is 0 Å². The fourth-order valence-electron chi connectivity index (χ4n) is 5.31. The fourth-order valence-corrected chi connectivity index (χ4v) is 5.31. The van der Waals surface area contributed by atoms with Gasteiger partial charge in [0.05, 0.1) is 0 Å².